The quantitative estimate of drug-likeness (QED) is 0.883. The van der Waals surface area contributed by atoms with Crippen LogP contribution in [0.1, 0.15) is 18.9 Å². The number of aryl methyl sites for hydroxylation is 1. The summed E-state index contributed by atoms with van der Waals surface area (Å²) in [6, 6.07) is 6.12. The second-order valence-electron chi connectivity index (χ2n) is 5.26. The molecule has 1 fully saturated rings. The summed E-state index contributed by atoms with van der Waals surface area (Å²) in [6.45, 7) is 4.28. The molecule has 1 heterocycles. The van der Waals surface area contributed by atoms with E-state index in [4.69, 9.17) is 0 Å². The first-order valence-electron chi connectivity index (χ1n) is 6.99. The summed E-state index contributed by atoms with van der Waals surface area (Å²) in [5.41, 5.74) is 1.81. The number of hydrogen-bond acceptors (Lipinski definition) is 3. The van der Waals surface area contributed by atoms with Crippen LogP contribution in [0.2, 0.25) is 0 Å². The van der Waals surface area contributed by atoms with Crippen molar-refractivity contribution in [3.63, 3.8) is 0 Å². The van der Waals surface area contributed by atoms with E-state index in [1.807, 2.05) is 38.1 Å². The lowest BCUT2D eigenvalue weighted by molar-refractivity contribution is -0.141. The van der Waals surface area contributed by atoms with Crippen LogP contribution < -0.4 is 4.90 Å². The van der Waals surface area contributed by atoms with Gasteiger partial charge in [0.2, 0.25) is 0 Å². The van der Waals surface area contributed by atoms with E-state index in [2.05, 4.69) is 0 Å². The van der Waals surface area contributed by atoms with Gasteiger partial charge in [-0.25, -0.2) is 9.59 Å². The smallest absolute Gasteiger partial charge is 0.326 e. The van der Waals surface area contributed by atoms with Gasteiger partial charge < -0.3 is 15.1 Å². The third kappa shape index (κ3) is 3.16. The number of hydrogen-bond donors (Lipinski definition) is 2. The fourth-order valence-corrected chi connectivity index (χ4v) is 2.57. The zero-order valence-corrected chi connectivity index (χ0v) is 12.2. The van der Waals surface area contributed by atoms with Gasteiger partial charge in [0, 0.05) is 25.2 Å². The normalized spacial score (nSPS) is 21.4. The number of benzene rings is 1. The molecule has 0 unspecified atom stereocenters. The molecule has 1 saturated heterocycles. The van der Waals surface area contributed by atoms with Gasteiger partial charge in [-0.1, -0.05) is 17.7 Å². The van der Waals surface area contributed by atoms with Crippen molar-refractivity contribution in [3.8, 4) is 0 Å². The summed E-state index contributed by atoms with van der Waals surface area (Å²) < 4.78 is 0. The molecule has 2 amide bonds. The molecule has 6 nitrogen and oxygen atoms in total. The van der Waals surface area contributed by atoms with Crippen LogP contribution in [0.15, 0.2) is 24.3 Å². The van der Waals surface area contributed by atoms with E-state index in [-0.39, 0.29) is 19.0 Å². The number of aliphatic hydroxyl groups excluding tert-OH is 1. The highest BCUT2D eigenvalue weighted by Gasteiger charge is 2.40. The molecule has 0 spiro atoms. The number of carbonyl (C=O) groups excluding carboxylic acids is 1. The fourth-order valence-electron chi connectivity index (χ4n) is 2.57. The van der Waals surface area contributed by atoms with Crippen LogP contribution >= 0.6 is 0 Å². The Bertz CT molecular complexity index is 529. The molecular formula is C15H20N2O4. The molecular weight excluding hydrogens is 272 g/mol. The van der Waals surface area contributed by atoms with Crippen molar-refractivity contribution in [2.24, 2.45) is 0 Å². The summed E-state index contributed by atoms with van der Waals surface area (Å²) >= 11 is 0. The third-order valence-electron chi connectivity index (χ3n) is 3.70. The van der Waals surface area contributed by atoms with Crippen LogP contribution in [0.5, 0.6) is 0 Å². The summed E-state index contributed by atoms with van der Waals surface area (Å²) in [4.78, 5) is 26.6. The molecule has 2 rings (SSSR count). The number of amides is 2. The maximum atomic E-state index is 12.6. The molecule has 1 aromatic carbocycles. The zero-order valence-electron chi connectivity index (χ0n) is 12.2. The molecule has 0 aliphatic carbocycles. The number of β-amino-alcohol motifs (C(OH)–C–C–N with tert-alkyl or cyclic N) is 1. The number of aliphatic hydroxyl groups is 1. The molecule has 0 radical (unpaired) electrons. The van der Waals surface area contributed by atoms with Gasteiger partial charge >= 0.3 is 12.0 Å². The number of carboxylic acids is 1. The standard InChI is InChI=1S/C15H20N2O4/c1-3-16(11-6-4-10(2)5-7-11)15(21)17-9-12(18)8-13(17)14(19)20/h4-7,12-13,18H,3,8-9H2,1-2H3,(H,19,20)/t12-,13-/m1/s1. The highest BCUT2D eigenvalue weighted by atomic mass is 16.4. The molecule has 21 heavy (non-hydrogen) atoms. The highest BCUT2D eigenvalue weighted by Crippen LogP contribution is 2.23. The Morgan fingerprint density at radius 2 is 1.95 bits per heavy atom. The van der Waals surface area contributed by atoms with Crippen molar-refractivity contribution in [1.29, 1.82) is 0 Å². The van der Waals surface area contributed by atoms with Crippen LogP contribution in [-0.4, -0.2) is 52.3 Å². The first-order chi connectivity index (χ1) is 9.93. The molecule has 1 aliphatic heterocycles. The number of aliphatic carboxylic acids is 1. The van der Waals surface area contributed by atoms with Crippen LogP contribution in [0.4, 0.5) is 10.5 Å². The SMILES string of the molecule is CCN(C(=O)N1C[C@H](O)C[C@@H]1C(=O)O)c1ccc(C)cc1. The van der Waals surface area contributed by atoms with E-state index >= 15 is 0 Å². The third-order valence-corrected chi connectivity index (χ3v) is 3.70. The topological polar surface area (TPSA) is 81.1 Å². The first-order valence-corrected chi connectivity index (χ1v) is 6.99. The lowest BCUT2D eigenvalue weighted by atomic mass is 10.2. The van der Waals surface area contributed by atoms with Crippen molar-refractivity contribution in [1.82, 2.24) is 4.90 Å². The van der Waals surface area contributed by atoms with E-state index < -0.39 is 18.1 Å². The van der Waals surface area contributed by atoms with Crippen molar-refractivity contribution in [2.75, 3.05) is 18.0 Å². The van der Waals surface area contributed by atoms with Gasteiger partial charge in [-0.05, 0) is 26.0 Å². The molecule has 1 aliphatic rings. The minimum Gasteiger partial charge on any atom is -0.480 e. The van der Waals surface area contributed by atoms with Gasteiger partial charge in [-0.3, -0.25) is 4.90 Å². The van der Waals surface area contributed by atoms with Crippen LogP contribution in [0, 0.1) is 6.92 Å². The van der Waals surface area contributed by atoms with E-state index in [0.717, 1.165) is 11.3 Å². The molecule has 1 aromatic rings. The van der Waals surface area contributed by atoms with Crippen molar-refractivity contribution < 1.29 is 19.8 Å². The van der Waals surface area contributed by atoms with E-state index in [1.165, 1.54) is 9.80 Å². The van der Waals surface area contributed by atoms with Gasteiger partial charge in [0.15, 0.2) is 0 Å². The Morgan fingerprint density at radius 1 is 1.33 bits per heavy atom. The predicted octanol–water partition coefficient (Wildman–Crippen LogP) is 1.46. The molecule has 0 aromatic heterocycles. The molecule has 6 heteroatoms. The number of nitrogens with zero attached hydrogens (tertiary/aromatic N) is 2. The number of urea groups is 1. The average molecular weight is 292 g/mol. The molecule has 0 saturated carbocycles. The second-order valence-corrected chi connectivity index (χ2v) is 5.26. The molecule has 0 bridgehead atoms. The number of carboxylic acid groups (broad SMARTS) is 1. The van der Waals surface area contributed by atoms with Gasteiger partial charge in [-0.2, -0.15) is 0 Å². The van der Waals surface area contributed by atoms with Crippen LogP contribution in [0.25, 0.3) is 0 Å². The van der Waals surface area contributed by atoms with E-state index in [9.17, 15) is 19.8 Å². The maximum absolute atomic E-state index is 12.6. The van der Waals surface area contributed by atoms with Crippen molar-refractivity contribution >= 4 is 17.7 Å². The second kappa shape index (κ2) is 6.13. The van der Waals surface area contributed by atoms with Crippen molar-refractivity contribution in [2.45, 2.75) is 32.4 Å². The van der Waals surface area contributed by atoms with Crippen LogP contribution in [0.3, 0.4) is 0 Å². The number of rotatable bonds is 3. The van der Waals surface area contributed by atoms with E-state index in [1.54, 1.807) is 0 Å². The summed E-state index contributed by atoms with van der Waals surface area (Å²) in [5.74, 6) is -1.08. The van der Waals surface area contributed by atoms with Gasteiger partial charge in [0.25, 0.3) is 0 Å². The maximum Gasteiger partial charge on any atom is 0.326 e. The number of anilines is 1. The Labute approximate surface area is 123 Å². The monoisotopic (exact) mass is 292 g/mol. The molecule has 2 atom stereocenters. The predicted molar refractivity (Wildman–Crippen MR) is 78.3 cm³/mol. The summed E-state index contributed by atoms with van der Waals surface area (Å²) in [7, 11) is 0. The number of carbonyl (C=O) groups is 2. The summed E-state index contributed by atoms with van der Waals surface area (Å²) in [6.07, 6.45) is -0.709. The Morgan fingerprint density at radius 3 is 2.48 bits per heavy atom. The van der Waals surface area contributed by atoms with Gasteiger partial charge in [0.1, 0.15) is 6.04 Å². The molecule has 2 N–H and O–H groups in total. The number of likely N-dealkylation sites (tertiary alicyclic amines) is 1. The first kappa shape index (κ1) is 15.3. The fraction of sp³-hybridized carbons (Fsp3) is 0.467. The average Bonchev–Trinajstić information content (AvgIpc) is 2.84. The Hall–Kier alpha value is -2.08. The lowest BCUT2D eigenvalue weighted by Gasteiger charge is -2.29. The molecule has 114 valence electrons. The zero-order chi connectivity index (χ0) is 15.6. The van der Waals surface area contributed by atoms with Crippen LogP contribution in [-0.2, 0) is 4.79 Å². The Balaban J connectivity index is 2.23. The van der Waals surface area contributed by atoms with Gasteiger partial charge in [0.05, 0.1) is 6.10 Å². The van der Waals surface area contributed by atoms with Crippen molar-refractivity contribution in [3.05, 3.63) is 29.8 Å². The Kier molecular flexibility index (Phi) is 4.47. The highest BCUT2D eigenvalue weighted by molar-refractivity contribution is 5.94. The minimum absolute atomic E-state index is 0.0537. The largest absolute Gasteiger partial charge is 0.480 e. The van der Waals surface area contributed by atoms with Gasteiger partial charge in [-0.15, -0.1) is 0 Å². The minimum atomic E-state index is -1.08. The van der Waals surface area contributed by atoms with E-state index in [0.29, 0.717) is 6.54 Å². The lowest BCUT2D eigenvalue weighted by Crippen LogP contribution is -2.48. The summed E-state index contributed by atoms with van der Waals surface area (Å²) in [5, 5.41) is 18.8.